The van der Waals surface area contributed by atoms with Crippen LogP contribution in [0.5, 0.6) is 0 Å². The van der Waals surface area contributed by atoms with Crippen LogP contribution in [0.2, 0.25) is 0 Å². The molecule has 1 aliphatic rings. The van der Waals surface area contributed by atoms with Crippen LogP contribution in [0.15, 0.2) is 17.8 Å². The molecule has 3 heterocycles. The Morgan fingerprint density at radius 3 is 3.05 bits per heavy atom. The zero-order valence-electron chi connectivity index (χ0n) is 11.5. The highest BCUT2D eigenvalue weighted by Gasteiger charge is 2.28. The number of nitrogens with one attached hydrogen (secondary N) is 1. The Bertz CT molecular complexity index is 553. The van der Waals surface area contributed by atoms with Gasteiger partial charge < -0.3 is 10.2 Å². The number of thiophene rings is 1. The van der Waals surface area contributed by atoms with E-state index >= 15 is 0 Å². The van der Waals surface area contributed by atoms with Crippen molar-refractivity contribution in [3.63, 3.8) is 0 Å². The third-order valence-corrected chi connectivity index (χ3v) is 4.86. The topological polar surface area (TPSA) is 41.1 Å². The highest BCUT2D eigenvalue weighted by molar-refractivity contribution is 7.17. The third-order valence-electron chi connectivity index (χ3n) is 3.96. The zero-order valence-corrected chi connectivity index (χ0v) is 12.3. The molecule has 0 radical (unpaired) electrons. The fourth-order valence-electron chi connectivity index (χ4n) is 2.74. The largest absolute Gasteiger partial charge is 0.350 e. The molecule has 2 atom stereocenters. The van der Waals surface area contributed by atoms with Crippen LogP contribution in [-0.2, 0) is 0 Å². The molecule has 3 rings (SSSR count). The van der Waals surface area contributed by atoms with Crippen molar-refractivity contribution in [1.82, 2.24) is 15.3 Å². The molecule has 0 amide bonds. The minimum absolute atomic E-state index is 0.531. The van der Waals surface area contributed by atoms with Gasteiger partial charge in [-0.15, -0.1) is 11.3 Å². The van der Waals surface area contributed by atoms with E-state index in [0.29, 0.717) is 12.1 Å². The lowest BCUT2D eigenvalue weighted by Gasteiger charge is -2.40. The second kappa shape index (κ2) is 5.43. The van der Waals surface area contributed by atoms with Crippen LogP contribution in [0.1, 0.15) is 26.7 Å². The van der Waals surface area contributed by atoms with E-state index < -0.39 is 0 Å². The Hall–Kier alpha value is -1.20. The van der Waals surface area contributed by atoms with Crippen molar-refractivity contribution < 1.29 is 0 Å². The number of anilines is 1. The lowest BCUT2D eigenvalue weighted by molar-refractivity contribution is 0.377. The fraction of sp³-hybridized carbons (Fsp3) is 0.571. The van der Waals surface area contributed by atoms with E-state index in [-0.39, 0.29) is 0 Å². The average Bonchev–Trinajstić information content (AvgIpc) is 2.94. The molecule has 19 heavy (non-hydrogen) atoms. The van der Waals surface area contributed by atoms with E-state index in [1.54, 1.807) is 17.7 Å². The first-order valence-electron chi connectivity index (χ1n) is 7.01. The van der Waals surface area contributed by atoms with Gasteiger partial charge in [-0.2, -0.15) is 0 Å². The number of aromatic nitrogens is 2. The van der Waals surface area contributed by atoms with Gasteiger partial charge in [-0.1, -0.05) is 13.8 Å². The van der Waals surface area contributed by atoms with Crippen molar-refractivity contribution in [2.24, 2.45) is 0 Å². The van der Waals surface area contributed by atoms with Crippen LogP contribution < -0.4 is 10.2 Å². The van der Waals surface area contributed by atoms with Gasteiger partial charge in [0.15, 0.2) is 0 Å². The number of rotatable bonds is 3. The minimum atomic E-state index is 0.531. The van der Waals surface area contributed by atoms with Crippen LogP contribution in [0.4, 0.5) is 5.82 Å². The lowest BCUT2D eigenvalue weighted by Crippen LogP contribution is -2.56. The highest BCUT2D eigenvalue weighted by atomic mass is 32.1. The first kappa shape index (κ1) is 12.8. The molecule has 1 aliphatic heterocycles. The van der Waals surface area contributed by atoms with E-state index in [2.05, 4.69) is 45.5 Å². The van der Waals surface area contributed by atoms with Gasteiger partial charge in [0.1, 0.15) is 12.1 Å². The Morgan fingerprint density at radius 1 is 1.37 bits per heavy atom. The smallest absolute Gasteiger partial charge is 0.150 e. The molecule has 0 aromatic carbocycles. The Labute approximate surface area is 117 Å². The van der Waals surface area contributed by atoms with Gasteiger partial charge in [-0.25, -0.2) is 9.97 Å². The lowest BCUT2D eigenvalue weighted by atomic mass is 10.1. The molecule has 1 saturated heterocycles. The normalized spacial score (nSPS) is 24.0. The van der Waals surface area contributed by atoms with Crippen LogP contribution >= 0.6 is 11.3 Å². The molecule has 2 aromatic heterocycles. The summed E-state index contributed by atoms with van der Waals surface area (Å²) in [6.07, 6.45) is 3.99. The Morgan fingerprint density at radius 2 is 2.26 bits per heavy atom. The van der Waals surface area contributed by atoms with E-state index in [0.717, 1.165) is 37.3 Å². The number of hydrogen-bond donors (Lipinski definition) is 1. The van der Waals surface area contributed by atoms with Crippen molar-refractivity contribution in [3.05, 3.63) is 17.8 Å². The molecule has 0 saturated carbocycles. The maximum absolute atomic E-state index is 4.57. The van der Waals surface area contributed by atoms with Gasteiger partial charge in [-0.05, 0) is 24.3 Å². The van der Waals surface area contributed by atoms with Gasteiger partial charge in [-0.3, -0.25) is 0 Å². The summed E-state index contributed by atoms with van der Waals surface area (Å²) in [6, 6.07) is 3.17. The second-order valence-corrected chi connectivity index (χ2v) is 5.98. The predicted octanol–water partition coefficient (Wildman–Crippen LogP) is 2.66. The summed E-state index contributed by atoms with van der Waals surface area (Å²) >= 11 is 1.74. The first-order chi connectivity index (χ1) is 9.33. The zero-order chi connectivity index (χ0) is 13.2. The van der Waals surface area contributed by atoms with E-state index in [9.17, 15) is 0 Å². The van der Waals surface area contributed by atoms with Crippen molar-refractivity contribution in [2.75, 3.05) is 18.0 Å². The summed E-state index contributed by atoms with van der Waals surface area (Å²) in [6.45, 7) is 6.58. The second-order valence-electron chi connectivity index (χ2n) is 5.06. The average molecular weight is 276 g/mol. The van der Waals surface area contributed by atoms with Gasteiger partial charge in [0.25, 0.3) is 0 Å². The molecular formula is C14H20N4S. The summed E-state index contributed by atoms with van der Waals surface area (Å²) in [4.78, 5) is 11.4. The number of hydrogen-bond acceptors (Lipinski definition) is 5. The standard InChI is InChI=1S/C14H20N4S/c1-3-10-8-18(11(4-2)7-15-10)14-13-12(5-6-19-13)16-9-17-14/h5-6,9-11,15H,3-4,7-8H2,1-2H3. The minimum Gasteiger partial charge on any atom is -0.350 e. The van der Waals surface area contributed by atoms with Gasteiger partial charge >= 0.3 is 0 Å². The van der Waals surface area contributed by atoms with Crippen LogP contribution in [0.25, 0.3) is 10.2 Å². The van der Waals surface area contributed by atoms with Gasteiger partial charge in [0.2, 0.25) is 0 Å². The molecule has 4 nitrogen and oxygen atoms in total. The molecule has 5 heteroatoms. The number of piperazine rings is 1. The fourth-order valence-corrected chi connectivity index (χ4v) is 3.59. The first-order valence-corrected chi connectivity index (χ1v) is 7.89. The van der Waals surface area contributed by atoms with Crippen LogP contribution in [0, 0.1) is 0 Å². The molecule has 1 fully saturated rings. The quantitative estimate of drug-likeness (QED) is 0.935. The SMILES string of the molecule is CCC1CN(c2ncnc3ccsc23)C(CC)CN1. The van der Waals surface area contributed by atoms with Crippen LogP contribution in [0.3, 0.4) is 0 Å². The summed E-state index contributed by atoms with van der Waals surface area (Å²) < 4.78 is 1.22. The van der Waals surface area contributed by atoms with E-state index in [4.69, 9.17) is 0 Å². The summed E-state index contributed by atoms with van der Waals surface area (Å²) in [5.41, 5.74) is 1.07. The summed E-state index contributed by atoms with van der Waals surface area (Å²) in [5.74, 6) is 1.12. The molecule has 0 bridgehead atoms. The monoisotopic (exact) mass is 276 g/mol. The molecule has 102 valence electrons. The van der Waals surface area contributed by atoms with E-state index in [1.165, 1.54) is 4.70 Å². The highest BCUT2D eigenvalue weighted by Crippen LogP contribution is 2.30. The molecule has 2 aromatic rings. The third kappa shape index (κ3) is 2.32. The maximum atomic E-state index is 4.57. The molecule has 0 spiro atoms. The summed E-state index contributed by atoms with van der Waals surface area (Å²) in [5, 5.41) is 5.73. The Balaban J connectivity index is 1.99. The van der Waals surface area contributed by atoms with E-state index in [1.807, 2.05) is 0 Å². The van der Waals surface area contributed by atoms with Gasteiger partial charge in [0, 0.05) is 25.2 Å². The maximum Gasteiger partial charge on any atom is 0.150 e. The van der Waals surface area contributed by atoms with Crippen molar-refractivity contribution in [3.8, 4) is 0 Å². The van der Waals surface area contributed by atoms with Crippen molar-refractivity contribution in [1.29, 1.82) is 0 Å². The Kier molecular flexibility index (Phi) is 3.66. The number of fused-ring (bicyclic) bond motifs is 1. The molecular weight excluding hydrogens is 256 g/mol. The molecule has 2 unspecified atom stereocenters. The van der Waals surface area contributed by atoms with Crippen molar-refractivity contribution >= 4 is 27.4 Å². The van der Waals surface area contributed by atoms with Crippen molar-refractivity contribution in [2.45, 2.75) is 38.8 Å². The molecule has 0 aliphatic carbocycles. The number of nitrogens with zero attached hydrogens (tertiary/aromatic N) is 3. The predicted molar refractivity (Wildman–Crippen MR) is 80.9 cm³/mol. The summed E-state index contributed by atoms with van der Waals surface area (Å²) in [7, 11) is 0. The van der Waals surface area contributed by atoms with Gasteiger partial charge in [0.05, 0.1) is 10.2 Å². The van der Waals surface area contributed by atoms with Crippen LogP contribution in [-0.4, -0.2) is 35.1 Å². The molecule has 1 N–H and O–H groups in total.